The molecule has 0 spiro atoms. The Morgan fingerprint density at radius 1 is 0.875 bits per heavy atom. The van der Waals surface area contributed by atoms with E-state index in [0.29, 0.717) is 12.1 Å². The Bertz CT molecular complexity index is 1650. The van der Waals surface area contributed by atoms with Crippen molar-refractivity contribution < 1.29 is 39.6 Å². The number of benzene rings is 3. The lowest BCUT2D eigenvalue weighted by Crippen LogP contribution is -2.14. The third kappa shape index (κ3) is 6.48. The van der Waals surface area contributed by atoms with E-state index in [0.717, 1.165) is 17.2 Å². The predicted molar refractivity (Wildman–Crippen MR) is 133 cm³/mol. The summed E-state index contributed by atoms with van der Waals surface area (Å²) < 4.78 is 107. The number of rotatable bonds is 7. The molecule has 0 aliphatic carbocycles. The Kier molecular flexibility index (Phi) is 7.43. The van der Waals surface area contributed by atoms with Crippen LogP contribution in [-0.4, -0.2) is 29.1 Å². The number of nitrogens with one attached hydrogen (secondary N) is 1. The second-order valence-corrected chi connectivity index (χ2v) is 9.93. The highest BCUT2D eigenvalue weighted by Crippen LogP contribution is 2.38. The van der Waals surface area contributed by atoms with Crippen LogP contribution in [0.1, 0.15) is 16.7 Å². The number of alkyl halides is 6. The van der Waals surface area contributed by atoms with Gasteiger partial charge in [0.1, 0.15) is 6.33 Å². The molecule has 4 aromatic rings. The molecule has 3 aromatic carbocycles. The second-order valence-electron chi connectivity index (χ2n) is 8.25. The van der Waals surface area contributed by atoms with Gasteiger partial charge >= 0.3 is 12.4 Å². The number of nitrogens with zero attached hydrogens (tertiary/aromatic N) is 3. The van der Waals surface area contributed by atoms with Crippen molar-refractivity contribution in [3.05, 3.63) is 95.8 Å². The average molecular weight is 581 g/mol. The fourth-order valence-electron chi connectivity index (χ4n) is 3.50. The van der Waals surface area contributed by atoms with Gasteiger partial charge in [-0.2, -0.15) is 26.3 Å². The fourth-order valence-corrected chi connectivity index (χ4v) is 4.58. The number of sulfonamides is 1. The van der Waals surface area contributed by atoms with Gasteiger partial charge in [-0.05, 0) is 48.0 Å². The van der Waals surface area contributed by atoms with Crippen LogP contribution in [-0.2, 0) is 27.2 Å². The molecule has 0 bridgehead atoms. The molecule has 1 amide bonds. The summed E-state index contributed by atoms with van der Waals surface area (Å²) in [5, 5.41) is 3.87. The number of hydrogen-bond acceptors (Lipinski definition) is 5. The smallest absolute Gasteiger partial charge is 0.366 e. The highest BCUT2D eigenvalue weighted by molar-refractivity contribution is 7.92. The van der Waals surface area contributed by atoms with Crippen LogP contribution in [0.5, 0.6) is 0 Å². The van der Waals surface area contributed by atoms with Crippen LogP contribution < -0.4 is 10.5 Å². The summed E-state index contributed by atoms with van der Waals surface area (Å²) in [5.41, 5.74) is 2.06. The number of primary amides is 1. The molecule has 0 fully saturated rings. The van der Waals surface area contributed by atoms with Crippen LogP contribution in [0.2, 0.25) is 0 Å². The van der Waals surface area contributed by atoms with E-state index in [-0.39, 0.29) is 27.8 Å². The Labute approximate surface area is 222 Å². The number of halogens is 6. The molecule has 0 atom stereocenters. The van der Waals surface area contributed by atoms with Crippen molar-refractivity contribution in [2.24, 2.45) is 5.73 Å². The highest BCUT2D eigenvalue weighted by Gasteiger charge is 2.37. The summed E-state index contributed by atoms with van der Waals surface area (Å²) in [6.45, 7) is 0. The van der Waals surface area contributed by atoms with Crippen LogP contribution in [0.15, 0.2) is 84.0 Å². The molecular formula is C25H17F6N5O3S. The molecule has 15 heteroatoms. The van der Waals surface area contributed by atoms with Gasteiger partial charge in [-0.25, -0.2) is 18.1 Å². The number of hydrogen-bond donors (Lipinski definition) is 2. The van der Waals surface area contributed by atoms with Gasteiger partial charge in [0.15, 0.2) is 5.82 Å². The topological polar surface area (TPSA) is 120 Å². The third-order valence-corrected chi connectivity index (χ3v) is 6.78. The molecule has 0 aliphatic rings. The molecule has 0 radical (unpaired) electrons. The number of aromatic nitrogens is 3. The molecule has 0 saturated carbocycles. The average Bonchev–Trinajstić information content (AvgIpc) is 3.36. The van der Waals surface area contributed by atoms with Gasteiger partial charge in [0.25, 0.3) is 15.9 Å². The zero-order valence-corrected chi connectivity index (χ0v) is 20.7. The van der Waals surface area contributed by atoms with Crippen molar-refractivity contribution >= 4 is 33.4 Å². The van der Waals surface area contributed by atoms with E-state index in [1.165, 1.54) is 36.4 Å². The molecule has 3 N–H and O–H groups in total. The number of nitrogens with two attached hydrogens (primary N) is 1. The monoisotopic (exact) mass is 581 g/mol. The van der Waals surface area contributed by atoms with Crippen molar-refractivity contribution in [2.75, 3.05) is 4.72 Å². The standard InChI is InChI=1S/C25H17F6N5O3S/c26-24(27,28)17-10-16(11-18(12-17)25(29,30)31)23-33-14-36(34-23)13-21(22(32)37)15-6-8-19(9-7-15)35-40(38,39)20-4-2-1-3-5-20/h1-14,35H,(H2,32,37)/b21-13+. The van der Waals surface area contributed by atoms with Crippen molar-refractivity contribution in [1.29, 1.82) is 0 Å². The van der Waals surface area contributed by atoms with Gasteiger partial charge in [-0.1, -0.05) is 30.3 Å². The third-order valence-electron chi connectivity index (χ3n) is 5.38. The minimum atomic E-state index is -5.06. The zero-order valence-electron chi connectivity index (χ0n) is 19.9. The van der Waals surface area contributed by atoms with Crippen LogP contribution in [0.3, 0.4) is 0 Å². The SMILES string of the molecule is NC(=O)/C(=C/n1cnc(-c2cc(C(F)(F)F)cc(C(F)(F)F)c2)n1)c1ccc(NS(=O)(=O)c2ccccc2)cc1. The second kappa shape index (κ2) is 10.5. The maximum absolute atomic E-state index is 13.2. The maximum atomic E-state index is 13.2. The molecule has 8 nitrogen and oxygen atoms in total. The van der Waals surface area contributed by atoms with Crippen LogP contribution >= 0.6 is 0 Å². The molecule has 4 rings (SSSR count). The normalized spacial score (nSPS) is 12.8. The largest absolute Gasteiger partial charge is 0.416 e. The fraction of sp³-hybridized carbons (Fsp3) is 0.0800. The van der Waals surface area contributed by atoms with Crippen LogP contribution in [0, 0.1) is 0 Å². The van der Waals surface area contributed by atoms with Gasteiger partial charge in [0.05, 0.1) is 21.6 Å². The minimum Gasteiger partial charge on any atom is -0.366 e. The van der Waals surface area contributed by atoms with Crippen molar-refractivity contribution in [2.45, 2.75) is 17.2 Å². The summed E-state index contributed by atoms with van der Waals surface area (Å²) in [5.74, 6) is -1.42. The quantitative estimate of drug-likeness (QED) is 0.228. The molecule has 208 valence electrons. The summed E-state index contributed by atoms with van der Waals surface area (Å²) in [6, 6.07) is 14.0. The Hall–Kier alpha value is -4.66. The van der Waals surface area contributed by atoms with E-state index in [1.807, 2.05) is 0 Å². The Morgan fingerprint density at radius 3 is 1.98 bits per heavy atom. The Morgan fingerprint density at radius 2 is 1.45 bits per heavy atom. The first-order chi connectivity index (χ1) is 18.6. The van der Waals surface area contributed by atoms with Gasteiger partial charge in [0, 0.05) is 17.5 Å². The number of amides is 1. The van der Waals surface area contributed by atoms with E-state index < -0.39 is 50.8 Å². The summed E-state index contributed by atoms with van der Waals surface area (Å²) in [6.07, 6.45) is -8.08. The summed E-state index contributed by atoms with van der Waals surface area (Å²) in [7, 11) is -3.88. The lowest BCUT2D eigenvalue weighted by molar-refractivity contribution is -0.143. The number of carbonyl (C=O) groups excluding carboxylic acids is 1. The minimum absolute atomic E-state index is 0.0186. The van der Waals surface area contributed by atoms with E-state index in [1.54, 1.807) is 18.2 Å². The molecule has 0 unspecified atom stereocenters. The lowest BCUT2D eigenvalue weighted by atomic mass is 10.0. The lowest BCUT2D eigenvalue weighted by Gasteiger charge is -2.13. The van der Waals surface area contributed by atoms with Gasteiger partial charge in [0.2, 0.25) is 0 Å². The van der Waals surface area contributed by atoms with Crippen LogP contribution in [0.25, 0.3) is 23.2 Å². The van der Waals surface area contributed by atoms with Crippen LogP contribution in [0.4, 0.5) is 32.0 Å². The molecule has 0 aliphatic heterocycles. The predicted octanol–water partition coefficient (Wildman–Crippen LogP) is 5.27. The van der Waals surface area contributed by atoms with Gasteiger partial charge in [-0.15, -0.1) is 5.10 Å². The molecule has 0 saturated heterocycles. The Balaban J connectivity index is 1.63. The highest BCUT2D eigenvalue weighted by atomic mass is 32.2. The van der Waals surface area contributed by atoms with Gasteiger partial charge in [-0.3, -0.25) is 9.52 Å². The summed E-state index contributed by atoms with van der Waals surface area (Å²) in [4.78, 5) is 15.9. The molecule has 1 aromatic heterocycles. The first kappa shape index (κ1) is 28.4. The van der Waals surface area contributed by atoms with E-state index in [2.05, 4.69) is 14.8 Å². The van der Waals surface area contributed by atoms with E-state index >= 15 is 0 Å². The zero-order chi connectivity index (χ0) is 29.3. The van der Waals surface area contributed by atoms with E-state index in [4.69, 9.17) is 5.73 Å². The maximum Gasteiger partial charge on any atom is 0.416 e. The van der Waals surface area contributed by atoms with Gasteiger partial charge < -0.3 is 5.73 Å². The summed E-state index contributed by atoms with van der Waals surface area (Å²) >= 11 is 0. The van der Waals surface area contributed by atoms with Crippen molar-refractivity contribution in [3.8, 4) is 11.4 Å². The first-order valence-corrected chi connectivity index (χ1v) is 12.5. The van der Waals surface area contributed by atoms with Crippen molar-refractivity contribution in [1.82, 2.24) is 14.8 Å². The molecule has 40 heavy (non-hydrogen) atoms. The molecule has 1 heterocycles. The first-order valence-electron chi connectivity index (χ1n) is 11.0. The van der Waals surface area contributed by atoms with E-state index in [9.17, 15) is 39.6 Å². The number of carbonyl (C=O) groups is 1. The number of anilines is 1. The molecular weight excluding hydrogens is 564 g/mol. The van der Waals surface area contributed by atoms with Crippen molar-refractivity contribution in [3.63, 3.8) is 0 Å².